The number of hydrogen-bond donors (Lipinski definition) is 0. The van der Waals surface area contributed by atoms with Gasteiger partial charge in [0, 0.05) is 0 Å². The van der Waals surface area contributed by atoms with Gasteiger partial charge in [-0.25, -0.2) is 0 Å². The molecular weight excluding hydrogens is 181 g/mol. The normalized spacial score (nSPS) is 10.8. The van der Waals surface area contributed by atoms with Crippen molar-refractivity contribution in [3.05, 3.63) is 0 Å². The Morgan fingerprint density at radius 2 is 1.00 bits per heavy atom. The second-order valence-electron chi connectivity index (χ2n) is 3.23. The van der Waals surface area contributed by atoms with E-state index in [1.807, 2.05) is 0 Å². The van der Waals surface area contributed by atoms with Gasteiger partial charge in [-0.05, 0) is 0 Å². The molecule has 0 aromatic carbocycles. The van der Waals surface area contributed by atoms with Gasteiger partial charge in [-0.15, -0.1) is 0 Å². The monoisotopic (exact) mass is 204 g/mol. The summed E-state index contributed by atoms with van der Waals surface area (Å²) in [6, 6.07) is 0. The molecule has 0 amide bonds. The molecule has 0 aromatic rings. The van der Waals surface area contributed by atoms with E-state index in [4.69, 9.17) is 0 Å². The van der Waals surface area contributed by atoms with Gasteiger partial charge >= 0.3 is 70.1 Å². The first-order valence-corrected chi connectivity index (χ1v) is 9.99. The SMILES string of the molecule is CC[CH2][GeH]([CH2]CC)[CH2]CC. The van der Waals surface area contributed by atoms with Gasteiger partial charge < -0.3 is 0 Å². The van der Waals surface area contributed by atoms with E-state index in [-0.39, 0.29) is 0 Å². The first-order valence-electron chi connectivity index (χ1n) is 4.85. The zero-order valence-corrected chi connectivity index (χ0v) is 10.2. The third kappa shape index (κ3) is 5.34. The minimum absolute atomic E-state index is 0.675. The van der Waals surface area contributed by atoms with Crippen LogP contribution in [0.2, 0.25) is 15.8 Å². The van der Waals surface area contributed by atoms with E-state index in [0.717, 1.165) is 0 Å². The molecule has 0 aliphatic carbocycles. The molecule has 0 bridgehead atoms. The summed E-state index contributed by atoms with van der Waals surface area (Å²) in [7, 11) is 0. The molecule has 0 saturated carbocycles. The van der Waals surface area contributed by atoms with Crippen LogP contribution < -0.4 is 0 Å². The minimum atomic E-state index is -0.675. The Bertz CT molecular complexity index is 47.5. The molecule has 0 fully saturated rings. The molecule has 0 spiro atoms. The van der Waals surface area contributed by atoms with E-state index >= 15 is 0 Å². The van der Waals surface area contributed by atoms with Crippen molar-refractivity contribution in [3.8, 4) is 0 Å². The molecule has 0 aliphatic rings. The quantitative estimate of drug-likeness (QED) is 0.579. The van der Waals surface area contributed by atoms with Gasteiger partial charge in [0.05, 0.1) is 0 Å². The summed E-state index contributed by atoms with van der Waals surface area (Å²) in [6.45, 7) is 7.01. The molecular formula is C9H22Ge. The Kier molecular flexibility index (Phi) is 8.06. The van der Waals surface area contributed by atoms with Crippen LogP contribution in [0.15, 0.2) is 0 Å². The van der Waals surface area contributed by atoms with Gasteiger partial charge in [0.1, 0.15) is 0 Å². The van der Waals surface area contributed by atoms with Crippen LogP contribution in [-0.4, -0.2) is 14.3 Å². The standard InChI is InChI=1S/C9H22Ge/c1-4-7-10(8-5-2)9-6-3/h10H,4-9H2,1-3H3. The summed E-state index contributed by atoms with van der Waals surface area (Å²) in [5.41, 5.74) is 0. The molecule has 0 aromatic heterocycles. The molecule has 0 unspecified atom stereocenters. The Morgan fingerprint density at radius 1 is 0.700 bits per heavy atom. The molecule has 0 heterocycles. The van der Waals surface area contributed by atoms with Crippen molar-refractivity contribution < 1.29 is 0 Å². The van der Waals surface area contributed by atoms with E-state index in [1.54, 1.807) is 15.8 Å². The average Bonchev–Trinajstić information content (AvgIpc) is 1.90. The fourth-order valence-corrected chi connectivity index (χ4v) is 8.61. The van der Waals surface area contributed by atoms with Crippen LogP contribution >= 0.6 is 0 Å². The summed E-state index contributed by atoms with van der Waals surface area (Å²) in [5, 5.41) is 4.90. The van der Waals surface area contributed by atoms with E-state index in [2.05, 4.69) is 20.8 Å². The molecule has 0 saturated heterocycles. The Hall–Kier alpha value is 0.543. The first-order chi connectivity index (χ1) is 4.85. The van der Waals surface area contributed by atoms with Crippen molar-refractivity contribution in [2.75, 3.05) is 0 Å². The van der Waals surface area contributed by atoms with Crippen molar-refractivity contribution in [1.82, 2.24) is 0 Å². The van der Waals surface area contributed by atoms with E-state index in [9.17, 15) is 0 Å². The van der Waals surface area contributed by atoms with Crippen LogP contribution in [0.1, 0.15) is 40.0 Å². The maximum atomic E-state index is 2.34. The zero-order chi connectivity index (χ0) is 7.82. The molecule has 0 nitrogen and oxygen atoms in total. The zero-order valence-electron chi connectivity index (χ0n) is 7.82. The van der Waals surface area contributed by atoms with Crippen LogP contribution in [0, 0.1) is 0 Å². The average molecular weight is 203 g/mol. The summed E-state index contributed by atoms with van der Waals surface area (Å²) < 4.78 is 0. The Labute approximate surface area is 70.5 Å². The molecule has 0 N–H and O–H groups in total. The van der Waals surface area contributed by atoms with Crippen LogP contribution in [-0.2, 0) is 0 Å². The molecule has 0 radical (unpaired) electrons. The van der Waals surface area contributed by atoms with Gasteiger partial charge in [-0.3, -0.25) is 0 Å². The van der Waals surface area contributed by atoms with Crippen LogP contribution in [0.25, 0.3) is 0 Å². The van der Waals surface area contributed by atoms with Crippen LogP contribution in [0.4, 0.5) is 0 Å². The summed E-state index contributed by atoms with van der Waals surface area (Å²) in [6.07, 6.45) is 4.35. The van der Waals surface area contributed by atoms with Crippen molar-refractivity contribution in [2.24, 2.45) is 0 Å². The third-order valence-corrected chi connectivity index (χ3v) is 10.9. The second-order valence-corrected chi connectivity index (χ2v) is 10.5. The van der Waals surface area contributed by atoms with Crippen molar-refractivity contribution >= 4 is 14.3 Å². The molecule has 62 valence electrons. The number of hydrogen-bond acceptors (Lipinski definition) is 0. The molecule has 0 aliphatic heterocycles. The van der Waals surface area contributed by atoms with Crippen molar-refractivity contribution in [3.63, 3.8) is 0 Å². The van der Waals surface area contributed by atoms with Gasteiger partial charge in [-0.1, -0.05) is 0 Å². The Balaban J connectivity index is 3.30. The molecule has 0 atom stereocenters. The predicted octanol–water partition coefficient (Wildman–Crippen LogP) is 3.44. The van der Waals surface area contributed by atoms with Gasteiger partial charge in [-0.2, -0.15) is 0 Å². The van der Waals surface area contributed by atoms with E-state index in [0.29, 0.717) is 0 Å². The van der Waals surface area contributed by atoms with Gasteiger partial charge in [0.2, 0.25) is 0 Å². The number of rotatable bonds is 6. The van der Waals surface area contributed by atoms with Crippen LogP contribution in [0.5, 0.6) is 0 Å². The van der Waals surface area contributed by atoms with Crippen LogP contribution in [0.3, 0.4) is 0 Å². The summed E-state index contributed by atoms with van der Waals surface area (Å²) in [4.78, 5) is 0. The predicted molar refractivity (Wildman–Crippen MR) is 52.4 cm³/mol. The Morgan fingerprint density at radius 3 is 1.20 bits per heavy atom. The van der Waals surface area contributed by atoms with Crippen molar-refractivity contribution in [2.45, 2.75) is 55.8 Å². The fourth-order valence-electron chi connectivity index (χ4n) is 1.66. The third-order valence-electron chi connectivity index (χ3n) is 2.09. The molecule has 1 heteroatoms. The van der Waals surface area contributed by atoms with E-state index in [1.165, 1.54) is 19.3 Å². The summed E-state index contributed by atoms with van der Waals surface area (Å²) >= 11 is -0.675. The molecule has 10 heavy (non-hydrogen) atoms. The van der Waals surface area contributed by atoms with Gasteiger partial charge in [0.25, 0.3) is 0 Å². The van der Waals surface area contributed by atoms with Crippen molar-refractivity contribution in [1.29, 1.82) is 0 Å². The topological polar surface area (TPSA) is 0 Å². The van der Waals surface area contributed by atoms with Gasteiger partial charge in [0.15, 0.2) is 0 Å². The molecule has 0 rings (SSSR count). The van der Waals surface area contributed by atoms with E-state index < -0.39 is 14.3 Å². The fraction of sp³-hybridized carbons (Fsp3) is 1.00. The first kappa shape index (κ1) is 10.5. The summed E-state index contributed by atoms with van der Waals surface area (Å²) in [5.74, 6) is 0. The maximum absolute atomic E-state index is 2.34. The second kappa shape index (κ2) is 7.65.